The maximum Gasteiger partial charge on any atom is 0.265 e. The summed E-state index contributed by atoms with van der Waals surface area (Å²) in [5.74, 6) is -2.88. The zero-order valence-corrected chi connectivity index (χ0v) is 25.5. The summed E-state index contributed by atoms with van der Waals surface area (Å²) in [5, 5.41) is 13.3. The third kappa shape index (κ3) is 6.85. The van der Waals surface area contributed by atoms with Crippen LogP contribution >= 0.6 is 11.6 Å². The van der Waals surface area contributed by atoms with Gasteiger partial charge in [-0.1, -0.05) is 48.0 Å². The van der Waals surface area contributed by atoms with Crippen molar-refractivity contribution in [2.75, 3.05) is 6.54 Å². The van der Waals surface area contributed by atoms with Crippen LogP contribution in [0.25, 0.3) is 10.9 Å². The minimum absolute atomic E-state index is 0.0264. The third-order valence-corrected chi connectivity index (χ3v) is 9.21. The van der Waals surface area contributed by atoms with Gasteiger partial charge in [-0.3, -0.25) is 14.4 Å². The number of aliphatic hydroxyl groups is 1. The summed E-state index contributed by atoms with van der Waals surface area (Å²) in [6.45, 7) is 0.586. The Morgan fingerprint density at radius 1 is 1.09 bits per heavy atom. The van der Waals surface area contributed by atoms with E-state index < -0.39 is 51.9 Å². The van der Waals surface area contributed by atoms with Gasteiger partial charge in [0.25, 0.3) is 15.9 Å². The molecule has 1 saturated heterocycles. The van der Waals surface area contributed by atoms with E-state index in [2.05, 4.69) is 5.32 Å². The number of likely N-dealkylation sites (tertiary alicyclic amines) is 1. The molecule has 0 bridgehead atoms. The Balaban J connectivity index is 1.37. The van der Waals surface area contributed by atoms with Gasteiger partial charge in [0.15, 0.2) is 0 Å². The monoisotopic (exact) mass is 658 g/mol. The predicted molar refractivity (Wildman–Crippen MR) is 162 cm³/mol. The molecule has 2 heterocycles. The van der Waals surface area contributed by atoms with Gasteiger partial charge < -0.3 is 19.9 Å². The first-order valence-electron chi connectivity index (χ1n) is 13.9. The standard InChI is InChI=1S/C31H29ClF2N4O6S/c1-18(39)24-16-37(26-12-19(10-11-23(24)26)30(41)36-45(43,44)22-7-3-2-4-8-22)17-28(40)38-15-21(33)13-27(38)31(42)35-14-20-6-5-9-25(32)29(20)34/h2-12,16,18,21,27,39H,13-15,17H2,1H3,(H,35,42)(H,36,41)/t18?,21-,27+/m1/s1. The van der Waals surface area contributed by atoms with Crippen molar-refractivity contribution >= 4 is 50.2 Å². The van der Waals surface area contributed by atoms with Gasteiger partial charge in [0.1, 0.15) is 24.6 Å². The first kappa shape index (κ1) is 32.1. The van der Waals surface area contributed by atoms with Crippen molar-refractivity contribution in [2.24, 2.45) is 0 Å². The van der Waals surface area contributed by atoms with Crippen molar-refractivity contribution in [2.45, 2.75) is 49.6 Å². The summed E-state index contributed by atoms with van der Waals surface area (Å²) in [6, 6.07) is 14.8. The number of halogens is 3. The number of carbonyl (C=O) groups is 3. The zero-order valence-electron chi connectivity index (χ0n) is 23.9. The Hall–Kier alpha value is -4.33. The summed E-state index contributed by atoms with van der Waals surface area (Å²) in [4.78, 5) is 40.5. The number of fused-ring (bicyclic) bond motifs is 1. The summed E-state index contributed by atoms with van der Waals surface area (Å²) in [6.07, 6.45) is -1.17. The van der Waals surface area contributed by atoms with E-state index in [1.54, 1.807) is 6.07 Å². The molecule has 0 aliphatic carbocycles. The Morgan fingerprint density at radius 2 is 1.82 bits per heavy atom. The normalized spacial score (nSPS) is 17.3. The number of nitrogens with one attached hydrogen (secondary N) is 2. The minimum atomic E-state index is -4.16. The van der Waals surface area contributed by atoms with E-state index in [-0.39, 0.29) is 47.1 Å². The molecule has 1 fully saturated rings. The number of rotatable bonds is 9. The van der Waals surface area contributed by atoms with Gasteiger partial charge in [0, 0.05) is 46.8 Å². The smallest absolute Gasteiger partial charge is 0.265 e. The average molecular weight is 659 g/mol. The van der Waals surface area contributed by atoms with Crippen LogP contribution < -0.4 is 10.0 Å². The summed E-state index contributed by atoms with van der Waals surface area (Å²) in [5.41, 5.74) is 0.868. The van der Waals surface area contributed by atoms with Gasteiger partial charge in [-0.25, -0.2) is 21.9 Å². The highest BCUT2D eigenvalue weighted by atomic mass is 35.5. The van der Waals surface area contributed by atoms with Crippen LogP contribution in [0, 0.1) is 5.82 Å². The van der Waals surface area contributed by atoms with Gasteiger partial charge in [0.05, 0.1) is 22.6 Å². The van der Waals surface area contributed by atoms with Crippen molar-refractivity contribution in [3.8, 4) is 0 Å². The van der Waals surface area contributed by atoms with Crippen LogP contribution in [-0.2, 0) is 32.7 Å². The number of sulfonamides is 1. The van der Waals surface area contributed by atoms with E-state index in [0.29, 0.717) is 16.5 Å². The van der Waals surface area contributed by atoms with E-state index in [0.717, 1.165) is 4.90 Å². The largest absolute Gasteiger partial charge is 0.389 e. The molecule has 1 aliphatic rings. The van der Waals surface area contributed by atoms with Crippen LogP contribution in [0.4, 0.5) is 8.78 Å². The molecule has 0 spiro atoms. The highest BCUT2D eigenvalue weighted by molar-refractivity contribution is 7.90. The van der Waals surface area contributed by atoms with Crippen LogP contribution in [0.5, 0.6) is 0 Å². The van der Waals surface area contributed by atoms with E-state index >= 15 is 0 Å². The number of benzene rings is 3. The van der Waals surface area contributed by atoms with Crippen LogP contribution in [0.3, 0.4) is 0 Å². The number of hydrogen-bond acceptors (Lipinski definition) is 6. The molecule has 1 aromatic heterocycles. The van der Waals surface area contributed by atoms with Crippen LogP contribution in [-0.4, -0.2) is 59.5 Å². The van der Waals surface area contributed by atoms with E-state index in [1.165, 1.54) is 78.4 Å². The lowest BCUT2D eigenvalue weighted by molar-refractivity contribution is -0.139. The maximum absolute atomic E-state index is 14.5. The first-order chi connectivity index (χ1) is 21.4. The maximum atomic E-state index is 14.5. The second kappa shape index (κ2) is 13.0. The molecule has 3 amide bonds. The molecule has 1 aliphatic heterocycles. The molecular formula is C31H29ClF2N4O6S. The topological polar surface area (TPSA) is 138 Å². The van der Waals surface area contributed by atoms with E-state index in [9.17, 15) is 36.7 Å². The van der Waals surface area contributed by atoms with Crippen molar-refractivity contribution in [3.05, 3.63) is 100 Å². The molecule has 3 atom stereocenters. The Morgan fingerprint density at radius 3 is 2.53 bits per heavy atom. The molecule has 3 aromatic carbocycles. The quantitative estimate of drug-likeness (QED) is 0.250. The molecule has 1 unspecified atom stereocenters. The minimum Gasteiger partial charge on any atom is -0.389 e. The number of alkyl halides is 1. The molecule has 236 valence electrons. The van der Waals surface area contributed by atoms with Crippen molar-refractivity contribution < 1.29 is 36.7 Å². The Bertz CT molecular complexity index is 1880. The lowest BCUT2D eigenvalue weighted by Crippen LogP contribution is -2.46. The fourth-order valence-corrected chi connectivity index (χ4v) is 6.48. The summed E-state index contributed by atoms with van der Waals surface area (Å²) >= 11 is 5.80. The van der Waals surface area contributed by atoms with Crippen molar-refractivity contribution in [3.63, 3.8) is 0 Å². The number of aromatic nitrogens is 1. The molecule has 10 nitrogen and oxygen atoms in total. The molecule has 45 heavy (non-hydrogen) atoms. The second-order valence-corrected chi connectivity index (χ2v) is 12.8. The Labute approximate surface area is 262 Å². The highest BCUT2D eigenvalue weighted by Crippen LogP contribution is 2.29. The molecule has 0 saturated carbocycles. The molecule has 3 N–H and O–H groups in total. The molecule has 14 heteroatoms. The van der Waals surface area contributed by atoms with Gasteiger partial charge in [-0.05, 0) is 37.3 Å². The highest BCUT2D eigenvalue weighted by Gasteiger charge is 2.40. The molecule has 4 aromatic rings. The van der Waals surface area contributed by atoms with Crippen LogP contribution in [0.15, 0.2) is 77.8 Å². The van der Waals surface area contributed by atoms with Crippen molar-refractivity contribution in [1.82, 2.24) is 19.5 Å². The van der Waals surface area contributed by atoms with Gasteiger partial charge in [-0.15, -0.1) is 0 Å². The number of aliphatic hydroxyl groups excluding tert-OH is 1. The summed E-state index contributed by atoms with van der Waals surface area (Å²) < 4.78 is 57.7. The summed E-state index contributed by atoms with van der Waals surface area (Å²) in [7, 11) is -4.16. The second-order valence-electron chi connectivity index (χ2n) is 10.7. The van der Waals surface area contributed by atoms with E-state index in [1.807, 2.05) is 4.72 Å². The van der Waals surface area contributed by atoms with Crippen LogP contribution in [0.1, 0.15) is 40.9 Å². The molecule has 5 rings (SSSR count). The van der Waals surface area contributed by atoms with Gasteiger partial charge in [0.2, 0.25) is 11.8 Å². The lowest BCUT2D eigenvalue weighted by atomic mass is 10.1. The Kier molecular flexibility index (Phi) is 9.23. The first-order valence-corrected chi connectivity index (χ1v) is 15.8. The van der Waals surface area contributed by atoms with E-state index in [4.69, 9.17) is 11.6 Å². The number of carbonyl (C=O) groups excluding carboxylic acids is 3. The number of nitrogens with zero attached hydrogens (tertiary/aromatic N) is 2. The number of hydrogen-bond donors (Lipinski definition) is 3. The lowest BCUT2D eigenvalue weighted by Gasteiger charge is -2.24. The predicted octanol–water partition coefficient (Wildman–Crippen LogP) is 3.86. The molecular weight excluding hydrogens is 630 g/mol. The third-order valence-electron chi connectivity index (χ3n) is 7.57. The SMILES string of the molecule is CC(O)c1cn(CC(=O)N2C[C@H](F)C[C@H]2C(=O)NCc2cccc(Cl)c2F)c2cc(C(=O)NS(=O)(=O)c3ccccc3)ccc12. The molecule has 0 radical (unpaired) electrons. The number of amides is 3. The average Bonchev–Trinajstić information content (AvgIpc) is 3.58. The fraction of sp³-hybridized carbons (Fsp3) is 0.258. The van der Waals surface area contributed by atoms with Crippen molar-refractivity contribution in [1.29, 1.82) is 0 Å². The van der Waals surface area contributed by atoms with Crippen LogP contribution in [0.2, 0.25) is 5.02 Å². The van der Waals surface area contributed by atoms with Gasteiger partial charge in [-0.2, -0.15) is 0 Å². The fourth-order valence-electron chi connectivity index (χ4n) is 5.30. The zero-order chi connectivity index (χ0) is 32.5. The van der Waals surface area contributed by atoms with Gasteiger partial charge >= 0.3 is 0 Å².